The van der Waals surface area contributed by atoms with E-state index >= 15 is 0 Å². The summed E-state index contributed by atoms with van der Waals surface area (Å²) in [5.74, 6) is 0.0140. The van der Waals surface area contributed by atoms with Crippen LogP contribution in [0.4, 0.5) is 4.79 Å². The predicted molar refractivity (Wildman–Crippen MR) is 133 cm³/mol. The van der Waals surface area contributed by atoms with Crippen molar-refractivity contribution in [3.8, 4) is 0 Å². The molecule has 0 saturated carbocycles. The van der Waals surface area contributed by atoms with E-state index in [1.165, 1.54) is 0 Å². The molecule has 0 aromatic heterocycles. The number of carbonyl (C=O) groups is 2. The molecule has 0 heterocycles. The second-order valence-electron chi connectivity index (χ2n) is 9.65. The van der Waals surface area contributed by atoms with Crippen molar-refractivity contribution in [3.05, 3.63) is 68.7 Å². The second kappa shape index (κ2) is 11.5. The van der Waals surface area contributed by atoms with E-state index in [4.69, 9.17) is 33.0 Å². The summed E-state index contributed by atoms with van der Waals surface area (Å²) in [7, 11) is 0. The van der Waals surface area contributed by atoms with Crippen LogP contribution in [0.2, 0.25) is 10.0 Å². The van der Waals surface area contributed by atoms with E-state index in [0.29, 0.717) is 22.9 Å². The molecule has 6 nitrogen and oxygen atoms in total. The zero-order valence-electron chi connectivity index (χ0n) is 19.9. The number of quaternary nitrogens is 1. The number of amides is 2. The third-order valence-corrected chi connectivity index (χ3v) is 6.60. The van der Waals surface area contributed by atoms with E-state index in [1.54, 1.807) is 5.32 Å². The Kier molecular flexibility index (Phi) is 8.99. The van der Waals surface area contributed by atoms with Gasteiger partial charge in [0.25, 0.3) is 0 Å². The number of halogens is 2. The lowest BCUT2D eigenvalue weighted by Gasteiger charge is -2.31. The van der Waals surface area contributed by atoms with Crippen LogP contribution in [-0.4, -0.2) is 35.9 Å². The van der Waals surface area contributed by atoms with Gasteiger partial charge in [-0.15, -0.1) is 0 Å². The number of rotatable bonds is 7. The number of aryl methyl sites for hydroxylation is 1. The highest BCUT2D eigenvalue weighted by molar-refractivity contribution is 6.42. The summed E-state index contributed by atoms with van der Waals surface area (Å²) in [4.78, 5) is 24.5. The summed E-state index contributed by atoms with van der Waals surface area (Å²) in [6.07, 6.45) is 2.25. The van der Waals surface area contributed by atoms with E-state index in [2.05, 4.69) is 17.4 Å². The van der Waals surface area contributed by atoms with Crippen LogP contribution < -0.4 is 10.6 Å². The predicted octanol–water partition coefficient (Wildman–Crippen LogP) is 4.50. The number of carbonyl (C=O) groups excluding carboxylic acids is 2. The van der Waals surface area contributed by atoms with Crippen molar-refractivity contribution in [3.63, 3.8) is 0 Å². The van der Waals surface area contributed by atoms with Crippen LogP contribution in [0.5, 0.6) is 0 Å². The third-order valence-electron chi connectivity index (χ3n) is 5.86. The fourth-order valence-electron chi connectivity index (χ4n) is 4.37. The van der Waals surface area contributed by atoms with Crippen molar-refractivity contribution in [2.45, 2.75) is 64.0 Å². The van der Waals surface area contributed by atoms with Crippen molar-refractivity contribution < 1.29 is 24.7 Å². The van der Waals surface area contributed by atoms with Gasteiger partial charge in [0.05, 0.1) is 16.7 Å². The first-order valence-corrected chi connectivity index (χ1v) is 12.4. The number of aliphatic hydroxyl groups excluding tert-OH is 1. The van der Waals surface area contributed by atoms with Crippen LogP contribution in [0.15, 0.2) is 36.4 Å². The first kappa shape index (κ1) is 26.5. The van der Waals surface area contributed by atoms with Crippen molar-refractivity contribution in [1.29, 1.82) is 0 Å². The van der Waals surface area contributed by atoms with Gasteiger partial charge in [-0.1, -0.05) is 47.5 Å². The normalized spacial score (nSPS) is 17.7. The molecular weight excluding hydrogens is 475 g/mol. The zero-order valence-corrected chi connectivity index (χ0v) is 21.4. The topological polar surface area (TPSA) is 92.2 Å². The molecule has 2 atom stereocenters. The average Bonchev–Trinajstić information content (AvgIpc) is 2.77. The van der Waals surface area contributed by atoms with Crippen molar-refractivity contribution in [1.82, 2.24) is 5.32 Å². The van der Waals surface area contributed by atoms with Crippen LogP contribution >= 0.6 is 23.2 Å². The standard InChI is InChI=1S/C26H32Cl2N2O4/c1-26(2,3)34-25(33)30-23-10-8-18(17-6-9-21(27)22(28)15-17)20-14-16(4-7-19(20)23)5-11-24(32)29-12-13-31/h4,6-7,9,14-15,18,23,31H,5,8,10-13H2,1-3H3,(H,29,32)(H,30,33)/p+1/t18-,23-/m0/s1. The van der Waals surface area contributed by atoms with Gasteiger partial charge in [0.2, 0.25) is 5.91 Å². The number of primary amides is 1. The quantitative estimate of drug-likeness (QED) is 0.514. The Morgan fingerprint density at radius 3 is 2.53 bits per heavy atom. The molecule has 4 N–H and O–H groups in total. The number of fused-ring (bicyclic) bond motifs is 1. The Hall–Kier alpha value is -2.12. The number of benzene rings is 2. The number of nitrogens with one attached hydrogen (secondary N) is 1. The number of nitrogens with two attached hydrogens (primary N) is 1. The van der Waals surface area contributed by atoms with Gasteiger partial charge >= 0.3 is 6.09 Å². The molecule has 0 bridgehead atoms. The SMILES string of the molecule is CC(C)(C)OC(=O)[NH2+][C@H]1CC[C@@H](c2ccc(Cl)c(Cl)c2)c2cc(CCC(=O)NCCO)ccc21. The van der Waals surface area contributed by atoms with E-state index in [-0.39, 0.29) is 37.1 Å². The lowest BCUT2D eigenvalue weighted by atomic mass is 9.76. The Morgan fingerprint density at radius 1 is 1.09 bits per heavy atom. The highest BCUT2D eigenvalue weighted by Gasteiger charge is 2.33. The van der Waals surface area contributed by atoms with E-state index in [9.17, 15) is 9.59 Å². The molecule has 0 radical (unpaired) electrons. The van der Waals surface area contributed by atoms with E-state index in [1.807, 2.05) is 45.0 Å². The van der Waals surface area contributed by atoms with E-state index < -0.39 is 5.60 Å². The second-order valence-corrected chi connectivity index (χ2v) is 10.5. The molecule has 2 amide bonds. The first-order chi connectivity index (χ1) is 16.1. The van der Waals surface area contributed by atoms with Gasteiger partial charge in [0.15, 0.2) is 0 Å². The maximum Gasteiger partial charge on any atom is 0.513 e. The lowest BCUT2D eigenvalue weighted by Crippen LogP contribution is -2.89. The Bertz CT molecular complexity index is 1040. The van der Waals surface area contributed by atoms with Gasteiger partial charge < -0.3 is 15.2 Å². The number of hydrogen-bond acceptors (Lipinski definition) is 4. The van der Waals surface area contributed by atoms with Gasteiger partial charge in [0, 0.05) is 30.9 Å². The molecule has 2 aromatic rings. The van der Waals surface area contributed by atoms with Gasteiger partial charge in [-0.25, -0.2) is 5.32 Å². The molecule has 8 heteroatoms. The molecule has 34 heavy (non-hydrogen) atoms. The minimum Gasteiger partial charge on any atom is -0.414 e. The molecule has 3 rings (SSSR count). The van der Waals surface area contributed by atoms with Crippen LogP contribution in [0.1, 0.15) is 74.2 Å². The van der Waals surface area contributed by atoms with E-state index in [0.717, 1.165) is 35.1 Å². The van der Waals surface area contributed by atoms with Crippen molar-refractivity contribution in [2.24, 2.45) is 0 Å². The van der Waals surface area contributed by atoms with Gasteiger partial charge in [-0.05, 0) is 62.4 Å². The number of ether oxygens (including phenoxy) is 1. The van der Waals surface area contributed by atoms with Crippen molar-refractivity contribution >= 4 is 35.2 Å². The summed E-state index contributed by atoms with van der Waals surface area (Å²) >= 11 is 12.5. The zero-order chi connectivity index (χ0) is 24.9. The largest absolute Gasteiger partial charge is 0.513 e. The lowest BCUT2D eigenvalue weighted by molar-refractivity contribution is -0.618. The number of aliphatic hydroxyl groups is 1. The Morgan fingerprint density at radius 2 is 1.85 bits per heavy atom. The fraction of sp³-hybridized carbons (Fsp3) is 0.462. The highest BCUT2D eigenvalue weighted by atomic mass is 35.5. The minimum atomic E-state index is -0.547. The molecular formula is C26H33Cl2N2O4+. The molecule has 2 aromatic carbocycles. The summed E-state index contributed by atoms with van der Waals surface area (Å²) in [5, 5.41) is 14.3. The molecule has 1 aliphatic carbocycles. The maximum atomic E-state index is 12.5. The smallest absolute Gasteiger partial charge is 0.414 e. The molecule has 0 fully saturated rings. The molecule has 0 aliphatic heterocycles. The monoisotopic (exact) mass is 507 g/mol. The van der Waals surface area contributed by atoms with Gasteiger partial charge in [0.1, 0.15) is 11.6 Å². The van der Waals surface area contributed by atoms with Crippen LogP contribution in [0, 0.1) is 0 Å². The fourth-order valence-corrected chi connectivity index (χ4v) is 4.67. The Balaban J connectivity index is 1.88. The maximum absolute atomic E-state index is 12.5. The number of hydrogen-bond donors (Lipinski definition) is 3. The first-order valence-electron chi connectivity index (χ1n) is 11.6. The van der Waals surface area contributed by atoms with Crippen LogP contribution in [-0.2, 0) is 16.0 Å². The summed E-state index contributed by atoms with van der Waals surface area (Å²) in [6.45, 7) is 5.75. The summed E-state index contributed by atoms with van der Waals surface area (Å²) in [6, 6.07) is 11.9. The van der Waals surface area contributed by atoms with Crippen LogP contribution in [0.25, 0.3) is 0 Å². The Labute approximate surface area is 211 Å². The van der Waals surface area contributed by atoms with Crippen LogP contribution in [0.3, 0.4) is 0 Å². The average molecular weight is 508 g/mol. The summed E-state index contributed by atoms with van der Waals surface area (Å²) < 4.78 is 5.53. The molecule has 0 unspecified atom stereocenters. The highest BCUT2D eigenvalue weighted by Crippen LogP contribution is 2.41. The minimum absolute atomic E-state index is 0.0502. The van der Waals surface area contributed by atoms with Crippen molar-refractivity contribution in [2.75, 3.05) is 13.2 Å². The molecule has 0 saturated heterocycles. The molecule has 0 spiro atoms. The summed E-state index contributed by atoms with van der Waals surface area (Å²) in [5.41, 5.74) is 3.78. The molecule has 1 aliphatic rings. The van der Waals surface area contributed by atoms with Gasteiger partial charge in [-0.3, -0.25) is 4.79 Å². The third kappa shape index (κ3) is 7.19. The molecule has 184 valence electrons. The van der Waals surface area contributed by atoms with Gasteiger partial charge in [-0.2, -0.15) is 4.79 Å².